The van der Waals surface area contributed by atoms with E-state index in [4.69, 9.17) is 14.9 Å². The number of rotatable bonds is 10. The molecule has 0 saturated heterocycles. The molecule has 7 nitrogen and oxygen atoms in total. The average molecular weight is 396 g/mol. The van der Waals surface area contributed by atoms with Crippen molar-refractivity contribution in [3.05, 3.63) is 71.3 Å². The van der Waals surface area contributed by atoms with Crippen LogP contribution in [0.5, 0.6) is 5.75 Å². The van der Waals surface area contributed by atoms with Gasteiger partial charge in [-0.25, -0.2) is 4.79 Å². The van der Waals surface area contributed by atoms with Crippen molar-refractivity contribution in [1.29, 1.82) is 0 Å². The van der Waals surface area contributed by atoms with Crippen LogP contribution in [0.2, 0.25) is 0 Å². The molecule has 0 heterocycles. The lowest BCUT2D eigenvalue weighted by Crippen LogP contribution is -2.22. The molecule has 0 aliphatic carbocycles. The van der Waals surface area contributed by atoms with E-state index < -0.39 is 24.5 Å². The van der Waals surface area contributed by atoms with Crippen LogP contribution in [-0.2, 0) is 20.8 Å². The molecule has 2 aromatic carbocycles. The van der Waals surface area contributed by atoms with E-state index in [1.807, 2.05) is 0 Å². The molecule has 0 aliphatic rings. The van der Waals surface area contributed by atoms with E-state index in [0.717, 1.165) is 5.56 Å². The second-order valence-electron chi connectivity index (χ2n) is 6.35. The standard InChI is InChI=1S/C22H20O7/c1-14(22(27)28)20(24)12-16-4-2-15(3-5-16)6-11-19(23)17-7-9-18(10-8-17)29-13-21(25)26/h2-11,14H,12-13H2,1H3,(H,25,26)(H,27,28)/b11-6+. The van der Waals surface area contributed by atoms with Crippen LogP contribution in [0.4, 0.5) is 0 Å². The molecule has 0 radical (unpaired) electrons. The van der Waals surface area contributed by atoms with Gasteiger partial charge in [-0.2, -0.15) is 0 Å². The van der Waals surface area contributed by atoms with E-state index in [2.05, 4.69) is 0 Å². The summed E-state index contributed by atoms with van der Waals surface area (Å²) in [5, 5.41) is 17.4. The van der Waals surface area contributed by atoms with Crippen LogP contribution in [0.25, 0.3) is 6.08 Å². The monoisotopic (exact) mass is 396 g/mol. The normalized spacial score (nSPS) is 11.8. The number of carboxylic acids is 2. The number of carboxylic acid groups (broad SMARTS) is 2. The molecule has 2 aromatic rings. The third kappa shape index (κ3) is 6.73. The van der Waals surface area contributed by atoms with Gasteiger partial charge in [0.05, 0.1) is 0 Å². The second kappa shape index (κ2) is 9.98. The zero-order valence-corrected chi connectivity index (χ0v) is 15.7. The molecule has 29 heavy (non-hydrogen) atoms. The molecule has 0 bridgehead atoms. The Labute approximate surface area is 167 Å². The summed E-state index contributed by atoms with van der Waals surface area (Å²) >= 11 is 0. The Bertz CT molecular complexity index is 925. The maximum absolute atomic E-state index is 12.2. The molecule has 0 saturated carbocycles. The Morgan fingerprint density at radius 1 is 0.966 bits per heavy atom. The highest BCUT2D eigenvalue weighted by Crippen LogP contribution is 2.14. The van der Waals surface area contributed by atoms with Crippen LogP contribution in [0.15, 0.2) is 54.6 Å². The summed E-state index contributed by atoms with van der Waals surface area (Å²) in [6, 6.07) is 13.0. The van der Waals surface area contributed by atoms with Gasteiger partial charge in [-0.15, -0.1) is 0 Å². The highest BCUT2D eigenvalue weighted by atomic mass is 16.5. The Hall–Kier alpha value is -3.74. The number of aliphatic carboxylic acids is 2. The molecule has 150 valence electrons. The second-order valence-corrected chi connectivity index (χ2v) is 6.35. The van der Waals surface area contributed by atoms with Crippen molar-refractivity contribution in [2.45, 2.75) is 13.3 Å². The summed E-state index contributed by atoms with van der Waals surface area (Å²) in [6.07, 6.45) is 3.06. The van der Waals surface area contributed by atoms with Gasteiger partial charge in [-0.3, -0.25) is 14.4 Å². The van der Waals surface area contributed by atoms with Gasteiger partial charge in [0.2, 0.25) is 0 Å². The van der Waals surface area contributed by atoms with Crippen molar-refractivity contribution in [2.24, 2.45) is 5.92 Å². The lowest BCUT2D eigenvalue weighted by molar-refractivity contribution is -0.145. The van der Waals surface area contributed by atoms with Crippen LogP contribution in [0, 0.1) is 5.92 Å². The van der Waals surface area contributed by atoms with E-state index in [1.54, 1.807) is 42.5 Å². The van der Waals surface area contributed by atoms with Gasteiger partial charge in [0.15, 0.2) is 18.2 Å². The van der Waals surface area contributed by atoms with Crippen LogP contribution in [-0.4, -0.2) is 40.3 Å². The molecule has 0 aromatic heterocycles. The summed E-state index contributed by atoms with van der Waals surface area (Å²) in [7, 11) is 0. The number of allylic oxidation sites excluding steroid dienone is 1. The average Bonchev–Trinajstić information content (AvgIpc) is 2.71. The highest BCUT2D eigenvalue weighted by molar-refractivity contribution is 6.06. The largest absolute Gasteiger partial charge is 0.482 e. The van der Waals surface area contributed by atoms with E-state index in [9.17, 15) is 19.2 Å². The molecule has 7 heteroatoms. The predicted molar refractivity (Wildman–Crippen MR) is 105 cm³/mol. The van der Waals surface area contributed by atoms with Gasteiger partial charge in [-0.1, -0.05) is 30.3 Å². The summed E-state index contributed by atoms with van der Waals surface area (Å²) in [5.74, 6) is -3.52. The number of hydrogen-bond donors (Lipinski definition) is 2. The number of ether oxygens (including phenoxy) is 1. The first-order chi connectivity index (χ1) is 13.8. The first kappa shape index (κ1) is 21.6. The Morgan fingerprint density at radius 2 is 1.59 bits per heavy atom. The number of hydrogen-bond acceptors (Lipinski definition) is 5. The fourth-order valence-corrected chi connectivity index (χ4v) is 2.37. The molecule has 2 N–H and O–H groups in total. The fourth-order valence-electron chi connectivity index (χ4n) is 2.37. The minimum atomic E-state index is -1.14. The fraction of sp³-hybridized carbons (Fsp3) is 0.182. The summed E-state index contributed by atoms with van der Waals surface area (Å²) in [5.41, 5.74) is 1.87. The molecule has 2 rings (SSSR count). The van der Waals surface area contributed by atoms with Gasteiger partial charge < -0.3 is 14.9 Å². The highest BCUT2D eigenvalue weighted by Gasteiger charge is 2.20. The predicted octanol–water partition coefficient (Wildman–Crippen LogP) is 2.88. The summed E-state index contributed by atoms with van der Waals surface area (Å²) in [6.45, 7) is 0.905. The van der Waals surface area contributed by atoms with Crippen LogP contribution >= 0.6 is 0 Å². The van der Waals surface area contributed by atoms with E-state index in [1.165, 1.54) is 25.1 Å². The Kier molecular flexibility index (Phi) is 7.42. The summed E-state index contributed by atoms with van der Waals surface area (Å²) < 4.78 is 5.01. The molecular weight excluding hydrogens is 376 g/mol. The molecule has 1 atom stereocenters. The first-order valence-electron chi connectivity index (χ1n) is 8.78. The number of ketones is 2. The van der Waals surface area contributed by atoms with Crippen molar-refractivity contribution < 1.29 is 34.1 Å². The zero-order valence-electron chi connectivity index (χ0n) is 15.7. The van der Waals surface area contributed by atoms with E-state index in [0.29, 0.717) is 16.9 Å². The van der Waals surface area contributed by atoms with Gasteiger partial charge >= 0.3 is 11.9 Å². The molecule has 1 unspecified atom stereocenters. The number of benzene rings is 2. The third-order valence-electron chi connectivity index (χ3n) is 4.14. The molecule has 0 fully saturated rings. The quantitative estimate of drug-likeness (QED) is 0.360. The molecular formula is C22H20O7. The van der Waals surface area contributed by atoms with Crippen molar-refractivity contribution in [3.63, 3.8) is 0 Å². The van der Waals surface area contributed by atoms with Gasteiger partial charge in [0.25, 0.3) is 0 Å². The minimum Gasteiger partial charge on any atom is -0.482 e. The molecule has 0 spiro atoms. The van der Waals surface area contributed by atoms with Crippen LogP contribution in [0.3, 0.4) is 0 Å². The Morgan fingerprint density at radius 3 is 2.14 bits per heavy atom. The van der Waals surface area contributed by atoms with Gasteiger partial charge in [-0.05, 0) is 48.4 Å². The summed E-state index contributed by atoms with van der Waals surface area (Å²) in [4.78, 5) is 45.4. The molecule has 0 amide bonds. The number of carbonyl (C=O) groups excluding carboxylic acids is 2. The maximum atomic E-state index is 12.2. The van der Waals surface area contributed by atoms with Crippen molar-refractivity contribution in [3.8, 4) is 5.75 Å². The SMILES string of the molecule is CC(C(=O)O)C(=O)Cc1ccc(/C=C/C(=O)c2ccc(OCC(=O)O)cc2)cc1. The minimum absolute atomic E-state index is 0.0344. The van der Waals surface area contributed by atoms with E-state index in [-0.39, 0.29) is 18.0 Å². The van der Waals surface area contributed by atoms with Gasteiger partial charge in [0.1, 0.15) is 11.7 Å². The molecule has 0 aliphatic heterocycles. The van der Waals surface area contributed by atoms with Crippen LogP contribution < -0.4 is 4.74 Å². The van der Waals surface area contributed by atoms with Crippen molar-refractivity contribution >= 4 is 29.6 Å². The van der Waals surface area contributed by atoms with Crippen molar-refractivity contribution in [2.75, 3.05) is 6.61 Å². The van der Waals surface area contributed by atoms with Crippen molar-refractivity contribution in [1.82, 2.24) is 0 Å². The lowest BCUT2D eigenvalue weighted by atomic mass is 9.99. The zero-order chi connectivity index (χ0) is 21.4. The number of carbonyl (C=O) groups is 4. The third-order valence-corrected chi connectivity index (χ3v) is 4.14. The topological polar surface area (TPSA) is 118 Å². The number of Topliss-reactive ketones (excluding diaryl/α,β-unsaturated/α-hetero) is 1. The van der Waals surface area contributed by atoms with Gasteiger partial charge in [0, 0.05) is 12.0 Å². The smallest absolute Gasteiger partial charge is 0.341 e. The Balaban J connectivity index is 1.95. The maximum Gasteiger partial charge on any atom is 0.341 e. The lowest BCUT2D eigenvalue weighted by Gasteiger charge is -2.05. The first-order valence-corrected chi connectivity index (χ1v) is 8.78. The van der Waals surface area contributed by atoms with Crippen LogP contribution in [0.1, 0.15) is 28.4 Å². The van der Waals surface area contributed by atoms with E-state index >= 15 is 0 Å².